The van der Waals surface area contributed by atoms with E-state index < -0.39 is 11.9 Å². The van der Waals surface area contributed by atoms with Crippen molar-refractivity contribution in [1.82, 2.24) is 10.3 Å². The van der Waals surface area contributed by atoms with Crippen molar-refractivity contribution in [2.24, 2.45) is 0 Å². The van der Waals surface area contributed by atoms with Crippen LogP contribution in [0.25, 0.3) is 0 Å². The quantitative estimate of drug-likeness (QED) is 0.138. The Balaban J connectivity index is 1.91. The van der Waals surface area contributed by atoms with Crippen molar-refractivity contribution in [1.29, 1.82) is 0 Å². The topological polar surface area (TPSA) is 77.5 Å². The Morgan fingerprint density at radius 2 is 1.52 bits per heavy atom. The predicted octanol–water partition coefficient (Wildman–Crippen LogP) is 6.40. The summed E-state index contributed by atoms with van der Waals surface area (Å²) >= 11 is 0. The number of nitrogens with one attached hydrogen (secondary N) is 1. The normalized spacial score (nSPS) is 11.0. The molecule has 0 bridgehead atoms. The van der Waals surface area contributed by atoms with E-state index in [4.69, 9.17) is 9.47 Å². The molecule has 0 aliphatic rings. The van der Waals surface area contributed by atoms with Gasteiger partial charge in [-0.2, -0.15) is 0 Å². The molecule has 0 spiro atoms. The summed E-state index contributed by atoms with van der Waals surface area (Å²) in [4.78, 5) is 27.9. The molecular formula is C27H44N2O4. The van der Waals surface area contributed by atoms with Crippen LogP contribution >= 0.6 is 0 Å². The number of esters is 1. The zero-order valence-electron chi connectivity index (χ0n) is 20.8. The summed E-state index contributed by atoms with van der Waals surface area (Å²) in [5, 5.41) is 2.52. The maximum absolute atomic E-state index is 12.1. The molecule has 1 amide bonds. The van der Waals surface area contributed by atoms with Gasteiger partial charge in [-0.25, -0.2) is 4.98 Å². The highest BCUT2D eigenvalue weighted by Gasteiger charge is 2.14. The second-order valence-corrected chi connectivity index (χ2v) is 8.40. The molecule has 1 rings (SSSR count). The number of rotatable bonds is 20. The van der Waals surface area contributed by atoms with Crippen molar-refractivity contribution in [2.45, 2.75) is 96.8 Å². The van der Waals surface area contributed by atoms with Crippen LogP contribution in [0.5, 0.6) is 5.75 Å². The maximum atomic E-state index is 12.1. The third kappa shape index (κ3) is 15.2. The largest absolute Gasteiger partial charge is 0.494 e. The average Bonchev–Trinajstić information content (AvgIpc) is 2.84. The monoisotopic (exact) mass is 460 g/mol. The molecule has 0 saturated heterocycles. The van der Waals surface area contributed by atoms with E-state index in [-0.39, 0.29) is 12.2 Å². The van der Waals surface area contributed by atoms with Gasteiger partial charge < -0.3 is 14.8 Å². The molecule has 0 unspecified atom stereocenters. The van der Waals surface area contributed by atoms with Crippen molar-refractivity contribution in [3.05, 3.63) is 36.2 Å². The number of ether oxygens (including phenoxy) is 2. The fraction of sp³-hybridized carbons (Fsp3) is 0.667. The van der Waals surface area contributed by atoms with Crippen LogP contribution in [-0.4, -0.2) is 37.1 Å². The van der Waals surface area contributed by atoms with Gasteiger partial charge in [-0.05, 0) is 44.2 Å². The summed E-state index contributed by atoms with van der Waals surface area (Å²) in [7, 11) is 1.47. The van der Waals surface area contributed by atoms with Gasteiger partial charge in [0, 0.05) is 6.20 Å². The van der Waals surface area contributed by atoms with E-state index in [1.165, 1.54) is 83.9 Å². The number of aromatic nitrogens is 1. The standard InChI is InChI=1S/C27H44N2O4/c1-3-4-5-6-7-8-9-10-11-12-13-14-15-16-17-18-22-33-25(30)23-29-27(31)26-24(32-2)20-19-21-28-26/h10-11,19-21H,3-9,12-18,22-23H2,1-2H3,(H,29,31)/b11-10-. The lowest BCUT2D eigenvalue weighted by molar-refractivity contribution is -0.142. The van der Waals surface area contributed by atoms with Gasteiger partial charge in [-0.15, -0.1) is 0 Å². The van der Waals surface area contributed by atoms with Crippen molar-refractivity contribution in [3.8, 4) is 5.75 Å². The molecule has 1 aromatic heterocycles. The SMILES string of the molecule is CCCCCCCC/C=C\CCCCCCCCOC(=O)CNC(=O)c1ncccc1OC. The second kappa shape index (κ2) is 20.3. The second-order valence-electron chi connectivity index (χ2n) is 8.40. The Labute approximate surface area is 200 Å². The predicted molar refractivity (Wildman–Crippen MR) is 134 cm³/mol. The number of unbranched alkanes of at least 4 members (excludes halogenated alkanes) is 12. The molecule has 6 nitrogen and oxygen atoms in total. The smallest absolute Gasteiger partial charge is 0.325 e. The minimum atomic E-state index is -0.457. The number of carbonyl (C=O) groups is 2. The first kappa shape index (κ1) is 28.7. The van der Waals surface area contributed by atoms with Gasteiger partial charge in [0.05, 0.1) is 13.7 Å². The van der Waals surface area contributed by atoms with E-state index >= 15 is 0 Å². The molecule has 0 aliphatic heterocycles. The molecule has 0 radical (unpaired) electrons. The van der Waals surface area contributed by atoms with Crippen LogP contribution in [0, 0.1) is 0 Å². The summed E-state index contributed by atoms with van der Waals surface area (Å²) in [5.41, 5.74) is 0.154. The highest BCUT2D eigenvalue weighted by Crippen LogP contribution is 2.14. The molecule has 0 aromatic carbocycles. The van der Waals surface area contributed by atoms with Crippen molar-refractivity contribution in [2.75, 3.05) is 20.3 Å². The zero-order chi connectivity index (χ0) is 24.0. The number of pyridine rings is 1. The van der Waals surface area contributed by atoms with Gasteiger partial charge in [-0.1, -0.05) is 76.9 Å². The van der Waals surface area contributed by atoms with Crippen LogP contribution in [0.15, 0.2) is 30.5 Å². The third-order valence-corrected chi connectivity index (χ3v) is 5.52. The van der Waals surface area contributed by atoms with Crippen molar-refractivity contribution in [3.63, 3.8) is 0 Å². The van der Waals surface area contributed by atoms with Crippen molar-refractivity contribution < 1.29 is 19.1 Å². The number of hydrogen-bond acceptors (Lipinski definition) is 5. The Hall–Kier alpha value is -2.37. The van der Waals surface area contributed by atoms with Crippen LogP contribution in [-0.2, 0) is 9.53 Å². The molecule has 1 N–H and O–H groups in total. The number of nitrogens with zero attached hydrogens (tertiary/aromatic N) is 1. The van der Waals surface area contributed by atoms with E-state index in [0.717, 1.165) is 19.3 Å². The molecule has 33 heavy (non-hydrogen) atoms. The van der Waals surface area contributed by atoms with Gasteiger partial charge in [0.15, 0.2) is 5.69 Å². The number of amides is 1. The molecule has 0 aliphatic carbocycles. The molecule has 0 atom stereocenters. The summed E-state index contributed by atoms with van der Waals surface area (Å²) in [6.07, 6.45) is 23.6. The number of hydrogen-bond donors (Lipinski definition) is 1. The Morgan fingerprint density at radius 3 is 2.15 bits per heavy atom. The van der Waals surface area contributed by atoms with Crippen LogP contribution < -0.4 is 10.1 Å². The van der Waals surface area contributed by atoms with Crippen LogP contribution in [0.4, 0.5) is 0 Å². The average molecular weight is 461 g/mol. The Morgan fingerprint density at radius 1 is 0.909 bits per heavy atom. The fourth-order valence-corrected chi connectivity index (χ4v) is 3.55. The van der Waals surface area contributed by atoms with Crippen LogP contribution in [0.3, 0.4) is 0 Å². The van der Waals surface area contributed by atoms with Gasteiger partial charge in [0.25, 0.3) is 5.91 Å². The number of methoxy groups -OCH3 is 1. The van der Waals surface area contributed by atoms with E-state index in [1.807, 2.05) is 0 Å². The minimum Gasteiger partial charge on any atom is -0.494 e. The molecule has 1 heterocycles. The fourth-order valence-electron chi connectivity index (χ4n) is 3.55. The van der Waals surface area contributed by atoms with Gasteiger partial charge in [-0.3, -0.25) is 9.59 Å². The Bertz CT molecular complexity index is 676. The molecule has 186 valence electrons. The zero-order valence-corrected chi connectivity index (χ0v) is 20.8. The van der Waals surface area contributed by atoms with Crippen LogP contribution in [0.2, 0.25) is 0 Å². The first-order valence-corrected chi connectivity index (χ1v) is 12.8. The minimum absolute atomic E-state index is 0.154. The molecule has 6 heteroatoms. The maximum Gasteiger partial charge on any atom is 0.325 e. The number of carbonyl (C=O) groups excluding carboxylic acids is 2. The summed E-state index contributed by atoms with van der Waals surface area (Å²) in [6, 6.07) is 3.33. The molecule has 0 saturated carbocycles. The lowest BCUT2D eigenvalue weighted by Crippen LogP contribution is -2.31. The number of allylic oxidation sites excluding steroid dienone is 2. The molecule has 0 fully saturated rings. The first-order chi connectivity index (χ1) is 16.2. The first-order valence-electron chi connectivity index (χ1n) is 12.8. The van der Waals surface area contributed by atoms with Gasteiger partial charge in [0.2, 0.25) is 0 Å². The lowest BCUT2D eigenvalue weighted by Gasteiger charge is -2.08. The molecule has 1 aromatic rings. The van der Waals surface area contributed by atoms with Crippen LogP contribution in [0.1, 0.15) is 107 Å². The summed E-state index contributed by atoms with van der Waals surface area (Å²) in [5.74, 6) is -0.528. The van der Waals surface area contributed by atoms with Gasteiger partial charge in [0.1, 0.15) is 12.3 Å². The Kier molecular flexibility index (Phi) is 17.6. The highest BCUT2D eigenvalue weighted by atomic mass is 16.5. The molecular weight excluding hydrogens is 416 g/mol. The third-order valence-electron chi connectivity index (χ3n) is 5.52. The van der Waals surface area contributed by atoms with E-state index in [9.17, 15) is 9.59 Å². The van der Waals surface area contributed by atoms with Crippen molar-refractivity contribution >= 4 is 11.9 Å². The van der Waals surface area contributed by atoms with E-state index in [0.29, 0.717) is 12.4 Å². The summed E-state index contributed by atoms with van der Waals surface area (Å²) < 4.78 is 10.3. The van der Waals surface area contributed by atoms with Gasteiger partial charge >= 0.3 is 5.97 Å². The highest BCUT2D eigenvalue weighted by molar-refractivity contribution is 5.96. The van der Waals surface area contributed by atoms with E-state index in [1.54, 1.807) is 12.1 Å². The van der Waals surface area contributed by atoms with E-state index in [2.05, 4.69) is 29.4 Å². The lowest BCUT2D eigenvalue weighted by atomic mass is 10.1. The summed E-state index contributed by atoms with van der Waals surface area (Å²) in [6.45, 7) is 2.47.